The number of rotatable bonds is 8. The molecule has 0 saturated carbocycles. The maximum atomic E-state index is 12.8. The van der Waals surface area contributed by atoms with Gasteiger partial charge in [-0.25, -0.2) is 13.1 Å². The second kappa shape index (κ2) is 9.51. The van der Waals surface area contributed by atoms with E-state index in [4.69, 9.17) is 4.52 Å². The molecule has 0 aromatic heterocycles. The highest BCUT2D eigenvalue weighted by atomic mass is 32.2. The molecule has 152 valence electrons. The van der Waals surface area contributed by atoms with Crippen LogP contribution >= 0.6 is 8.03 Å². The van der Waals surface area contributed by atoms with Crippen molar-refractivity contribution in [2.45, 2.75) is 30.9 Å². The van der Waals surface area contributed by atoms with Gasteiger partial charge in [0.15, 0.2) is 0 Å². The molecule has 0 aliphatic carbocycles. The van der Waals surface area contributed by atoms with Crippen molar-refractivity contribution in [2.75, 3.05) is 0 Å². The van der Waals surface area contributed by atoms with E-state index < -0.39 is 30.2 Å². The van der Waals surface area contributed by atoms with Crippen molar-refractivity contribution in [3.8, 4) is 0 Å². The van der Waals surface area contributed by atoms with E-state index in [9.17, 15) is 13.0 Å². The average Bonchev–Trinajstić information content (AvgIpc) is 2.73. The Labute approximate surface area is 172 Å². The smallest absolute Gasteiger partial charge is 0.240 e. The highest BCUT2D eigenvalue weighted by Gasteiger charge is 2.27. The summed E-state index contributed by atoms with van der Waals surface area (Å²) in [4.78, 5) is 0.178. The Hall–Kier alpha value is -2.24. The van der Waals surface area contributed by atoms with E-state index >= 15 is 0 Å². The van der Waals surface area contributed by atoms with Gasteiger partial charge in [-0.15, -0.1) is 0 Å². The van der Waals surface area contributed by atoms with Crippen LogP contribution in [-0.4, -0.2) is 14.5 Å². The van der Waals surface area contributed by atoms with Crippen molar-refractivity contribution in [3.63, 3.8) is 0 Å². The van der Waals surface area contributed by atoms with Gasteiger partial charge in [-0.3, -0.25) is 4.57 Å². The topological polar surface area (TPSA) is 72.5 Å². The lowest BCUT2D eigenvalue weighted by Crippen LogP contribution is -2.37. The van der Waals surface area contributed by atoms with Gasteiger partial charge in [0.2, 0.25) is 18.1 Å². The maximum absolute atomic E-state index is 12.8. The molecule has 0 bridgehead atoms. The van der Waals surface area contributed by atoms with Gasteiger partial charge in [0.1, 0.15) is 6.10 Å². The van der Waals surface area contributed by atoms with Crippen molar-refractivity contribution < 1.29 is 17.5 Å². The second-order valence-electron chi connectivity index (χ2n) is 6.83. The van der Waals surface area contributed by atoms with Gasteiger partial charge in [-0.1, -0.05) is 66.2 Å². The minimum atomic E-state index is -3.75. The first-order valence-electron chi connectivity index (χ1n) is 9.27. The summed E-state index contributed by atoms with van der Waals surface area (Å²) in [5.41, 5.74) is 1.73. The van der Waals surface area contributed by atoms with Crippen molar-refractivity contribution in [3.05, 3.63) is 96.1 Å². The van der Waals surface area contributed by atoms with Crippen LogP contribution in [-0.2, 0) is 19.1 Å². The third-order valence-corrected chi connectivity index (χ3v) is 7.35. The molecule has 0 spiro atoms. The Morgan fingerprint density at radius 3 is 2.00 bits per heavy atom. The minimum absolute atomic E-state index is 0.178. The van der Waals surface area contributed by atoms with Gasteiger partial charge in [-0.2, -0.15) is 0 Å². The van der Waals surface area contributed by atoms with Crippen molar-refractivity contribution in [1.29, 1.82) is 0 Å². The molecule has 0 saturated heterocycles. The zero-order valence-electron chi connectivity index (χ0n) is 16.3. The fourth-order valence-corrected chi connectivity index (χ4v) is 5.37. The number of benzene rings is 3. The molecule has 3 aromatic rings. The Balaban J connectivity index is 1.85. The maximum Gasteiger partial charge on any atom is 0.240 e. The first-order valence-corrected chi connectivity index (χ1v) is 12.1. The van der Waals surface area contributed by atoms with Crippen LogP contribution in [0.5, 0.6) is 0 Å². The van der Waals surface area contributed by atoms with E-state index in [-0.39, 0.29) is 4.90 Å². The molecule has 0 radical (unpaired) electrons. The van der Waals surface area contributed by atoms with Crippen LogP contribution < -0.4 is 10.0 Å². The van der Waals surface area contributed by atoms with E-state index in [1.54, 1.807) is 55.5 Å². The molecule has 3 aromatic carbocycles. The van der Waals surface area contributed by atoms with Crippen molar-refractivity contribution >= 4 is 23.4 Å². The Bertz CT molecular complexity index is 1050. The Morgan fingerprint density at radius 1 is 0.862 bits per heavy atom. The van der Waals surface area contributed by atoms with Gasteiger partial charge in [0, 0.05) is 5.30 Å². The quantitative estimate of drug-likeness (QED) is 0.544. The number of hydrogen-bond acceptors (Lipinski definition) is 4. The molecule has 0 fully saturated rings. The van der Waals surface area contributed by atoms with Crippen LogP contribution in [0.15, 0.2) is 89.8 Å². The van der Waals surface area contributed by atoms with Crippen LogP contribution in [0.1, 0.15) is 24.2 Å². The molecular formula is C22H24NO4PS. The molecule has 3 rings (SSSR count). The van der Waals surface area contributed by atoms with Crippen LogP contribution in [0.25, 0.3) is 0 Å². The average molecular weight is 429 g/mol. The fraction of sp³-hybridized carbons (Fsp3) is 0.182. The van der Waals surface area contributed by atoms with Crippen LogP contribution in [0.4, 0.5) is 0 Å². The van der Waals surface area contributed by atoms with Gasteiger partial charge in [0.05, 0.1) is 10.9 Å². The summed E-state index contributed by atoms with van der Waals surface area (Å²) >= 11 is 0. The summed E-state index contributed by atoms with van der Waals surface area (Å²) in [6, 6.07) is 24.1. The van der Waals surface area contributed by atoms with E-state index in [0.717, 1.165) is 11.1 Å². The molecule has 7 heteroatoms. The lowest BCUT2D eigenvalue weighted by molar-refractivity contribution is 0.188. The second-order valence-corrected chi connectivity index (χ2v) is 9.93. The molecule has 0 unspecified atom stereocenters. The third kappa shape index (κ3) is 5.64. The van der Waals surface area contributed by atoms with Crippen LogP contribution in [0.2, 0.25) is 0 Å². The van der Waals surface area contributed by atoms with E-state index in [1.807, 2.05) is 43.3 Å². The van der Waals surface area contributed by atoms with Crippen LogP contribution in [0.3, 0.4) is 0 Å². The molecule has 3 atom stereocenters. The molecule has 5 nitrogen and oxygen atoms in total. The molecule has 1 N–H and O–H groups in total. The van der Waals surface area contributed by atoms with Crippen LogP contribution in [0, 0.1) is 6.92 Å². The molecule has 0 aliphatic heterocycles. The largest absolute Gasteiger partial charge is 0.317 e. The number of hydrogen-bond donors (Lipinski definition) is 1. The van der Waals surface area contributed by atoms with E-state index in [2.05, 4.69) is 4.72 Å². The lowest BCUT2D eigenvalue weighted by Gasteiger charge is -2.25. The monoisotopic (exact) mass is 429 g/mol. The zero-order valence-corrected chi connectivity index (χ0v) is 18.1. The predicted octanol–water partition coefficient (Wildman–Crippen LogP) is 4.22. The summed E-state index contributed by atoms with van der Waals surface area (Å²) in [6.07, 6.45) is -0.706. The highest BCUT2D eigenvalue weighted by molar-refractivity contribution is 7.89. The number of aryl methyl sites for hydroxylation is 1. The summed E-state index contributed by atoms with van der Waals surface area (Å²) in [6.45, 7) is 3.61. The predicted molar refractivity (Wildman–Crippen MR) is 116 cm³/mol. The fourth-order valence-electron chi connectivity index (χ4n) is 2.95. The highest BCUT2D eigenvalue weighted by Crippen LogP contribution is 2.34. The summed E-state index contributed by atoms with van der Waals surface area (Å²) in [5.74, 6) is 0. The standard InChI is InChI=1S/C22H24NO4PS/c1-17-13-15-21(16-14-17)29(25,26)23-18(2)22(19-9-5-3-6-10-19)27-28(24)20-11-7-4-8-12-20/h3-16,18,22-23,28H,1-2H3/t18-,22-/m0/s1. The van der Waals surface area contributed by atoms with E-state index in [1.165, 1.54) is 0 Å². The molecular weight excluding hydrogens is 405 g/mol. The van der Waals surface area contributed by atoms with Gasteiger partial charge in [0.25, 0.3) is 0 Å². The van der Waals surface area contributed by atoms with E-state index in [0.29, 0.717) is 5.30 Å². The SMILES string of the molecule is Cc1ccc(S(=O)(=O)N[C@@H](C)[C@H](O[P@@H](=O)c2ccccc2)c2ccccc2)cc1. The molecule has 0 aliphatic rings. The summed E-state index contributed by atoms with van der Waals surface area (Å²) < 4.78 is 47.0. The normalized spacial score (nSPS) is 14.8. The zero-order chi connectivity index (χ0) is 20.9. The summed E-state index contributed by atoms with van der Waals surface area (Å²) in [7, 11) is -6.32. The first kappa shape index (κ1) is 21.5. The number of nitrogens with one attached hydrogen (secondary N) is 1. The molecule has 0 amide bonds. The van der Waals surface area contributed by atoms with Crippen molar-refractivity contribution in [2.24, 2.45) is 0 Å². The third-order valence-electron chi connectivity index (χ3n) is 4.50. The van der Waals surface area contributed by atoms with Gasteiger partial charge < -0.3 is 4.52 Å². The summed E-state index contributed by atoms with van der Waals surface area (Å²) in [5, 5.41) is 0.590. The Morgan fingerprint density at radius 2 is 1.41 bits per heavy atom. The minimum Gasteiger partial charge on any atom is -0.317 e. The first-order chi connectivity index (χ1) is 13.9. The van der Waals surface area contributed by atoms with Crippen molar-refractivity contribution in [1.82, 2.24) is 4.72 Å². The van der Waals surface area contributed by atoms with Gasteiger partial charge >= 0.3 is 0 Å². The molecule has 29 heavy (non-hydrogen) atoms. The lowest BCUT2D eigenvalue weighted by atomic mass is 10.0. The molecule has 0 heterocycles. The van der Waals surface area contributed by atoms with Gasteiger partial charge in [-0.05, 0) is 43.7 Å². The Kier molecular flexibility index (Phi) is 7.04. The number of sulfonamides is 1.